The van der Waals surface area contributed by atoms with Gasteiger partial charge >= 0.3 is 0 Å². The number of rotatable bonds is 3. The van der Waals surface area contributed by atoms with Gasteiger partial charge in [0, 0.05) is 30.7 Å². The number of amides is 1. The Morgan fingerprint density at radius 2 is 2.00 bits per heavy atom. The van der Waals surface area contributed by atoms with Gasteiger partial charge in [-0.15, -0.1) is 0 Å². The van der Waals surface area contributed by atoms with Crippen molar-refractivity contribution in [2.45, 2.75) is 32.9 Å². The van der Waals surface area contributed by atoms with Crippen LogP contribution in [0.1, 0.15) is 36.7 Å². The van der Waals surface area contributed by atoms with Crippen molar-refractivity contribution in [1.29, 1.82) is 0 Å². The van der Waals surface area contributed by atoms with Crippen LogP contribution in [0, 0.1) is 0 Å². The summed E-state index contributed by atoms with van der Waals surface area (Å²) in [4.78, 5) is 14.3. The van der Waals surface area contributed by atoms with E-state index in [-0.39, 0.29) is 11.4 Å². The Morgan fingerprint density at radius 3 is 2.65 bits per heavy atom. The third-order valence-electron chi connectivity index (χ3n) is 3.30. The van der Waals surface area contributed by atoms with Crippen LogP contribution in [0.3, 0.4) is 0 Å². The van der Waals surface area contributed by atoms with Crippen molar-refractivity contribution in [2.24, 2.45) is 0 Å². The molecule has 1 saturated heterocycles. The molecule has 0 saturated carbocycles. The Morgan fingerprint density at radius 1 is 1.30 bits per heavy atom. The molecule has 20 heavy (non-hydrogen) atoms. The zero-order chi connectivity index (χ0) is 14.6. The molecular weight excluding hydrogens is 252 g/mol. The van der Waals surface area contributed by atoms with Gasteiger partial charge in [-0.05, 0) is 38.5 Å². The van der Waals surface area contributed by atoms with E-state index in [2.05, 4.69) is 32.2 Å². The monoisotopic (exact) mass is 276 g/mol. The van der Waals surface area contributed by atoms with Gasteiger partial charge in [-0.2, -0.15) is 0 Å². The van der Waals surface area contributed by atoms with Crippen LogP contribution in [0.2, 0.25) is 0 Å². The fourth-order valence-electron chi connectivity index (χ4n) is 2.13. The first kappa shape index (κ1) is 15.0. The molecule has 0 radical (unpaired) electrons. The second-order valence-electron chi connectivity index (χ2n) is 6.21. The number of morpholine rings is 1. The Kier molecular flexibility index (Phi) is 4.78. The van der Waals surface area contributed by atoms with Crippen LogP contribution in [-0.4, -0.2) is 42.6 Å². The van der Waals surface area contributed by atoms with Crippen molar-refractivity contribution in [3.63, 3.8) is 0 Å². The molecule has 4 heteroatoms. The fraction of sp³-hybridized carbons (Fsp3) is 0.562. The van der Waals surface area contributed by atoms with Crippen molar-refractivity contribution < 1.29 is 9.53 Å². The van der Waals surface area contributed by atoms with Gasteiger partial charge < -0.3 is 15.0 Å². The van der Waals surface area contributed by atoms with E-state index in [0.29, 0.717) is 26.3 Å². The minimum Gasteiger partial charge on any atom is -0.378 e. The summed E-state index contributed by atoms with van der Waals surface area (Å²) in [5.74, 6) is 0.103. The highest BCUT2D eigenvalue weighted by Gasteiger charge is 2.18. The van der Waals surface area contributed by atoms with E-state index in [1.54, 1.807) is 0 Å². The summed E-state index contributed by atoms with van der Waals surface area (Å²) in [6.45, 7) is 9.82. The molecule has 0 bridgehead atoms. The normalized spacial score (nSPS) is 16.2. The molecule has 1 fully saturated rings. The largest absolute Gasteiger partial charge is 0.378 e. The first-order valence-corrected chi connectivity index (χ1v) is 7.17. The standard InChI is InChI=1S/C16H24N2O2/c1-16(2,3)17-12-13-5-4-6-14(11-13)15(19)18-7-9-20-10-8-18/h4-6,11,17H,7-10,12H2,1-3H3. The zero-order valence-electron chi connectivity index (χ0n) is 12.6. The van der Waals surface area contributed by atoms with E-state index in [0.717, 1.165) is 17.7 Å². The van der Waals surface area contributed by atoms with Crippen LogP contribution in [0.25, 0.3) is 0 Å². The molecule has 1 aromatic rings. The topological polar surface area (TPSA) is 41.6 Å². The van der Waals surface area contributed by atoms with Crippen LogP contribution in [0.5, 0.6) is 0 Å². The fourth-order valence-corrected chi connectivity index (χ4v) is 2.13. The Balaban J connectivity index is 2.03. The average Bonchev–Trinajstić information content (AvgIpc) is 2.45. The highest BCUT2D eigenvalue weighted by molar-refractivity contribution is 5.94. The number of hydrogen-bond acceptors (Lipinski definition) is 3. The zero-order valence-corrected chi connectivity index (χ0v) is 12.6. The first-order chi connectivity index (χ1) is 9.46. The van der Waals surface area contributed by atoms with Crippen molar-refractivity contribution >= 4 is 5.91 Å². The predicted molar refractivity (Wildman–Crippen MR) is 79.8 cm³/mol. The van der Waals surface area contributed by atoms with Crippen LogP contribution in [0.4, 0.5) is 0 Å². The van der Waals surface area contributed by atoms with E-state index < -0.39 is 0 Å². The number of ether oxygens (including phenoxy) is 1. The molecule has 1 heterocycles. The van der Waals surface area contributed by atoms with E-state index >= 15 is 0 Å². The molecule has 1 aromatic carbocycles. The van der Waals surface area contributed by atoms with Gasteiger partial charge in [-0.25, -0.2) is 0 Å². The number of hydrogen-bond donors (Lipinski definition) is 1. The van der Waals surface area contributed by atoms with Crippen LogP contribution in [-0.2, 0) is 11.3 Å². The molecule has 1 N–H and O–H groups in total. The summed E-state index contributed by atoms with van der Waals surface area (Å²) in [6.07, 6.45) is 0. The van der Waals surface area contributed by atoms with E-state index in [9.17, 15) is 4.79 Å². The van der Waals surface area contributed by atoms with Gasteiger partial charge in [-0.3, -0.25) is 4.79 Å². The lowest BCUT2D eigenvalue weighted by molar-refractivity contribution is 0.0303. The summed E-state index contributed by atoms with van der Waals surface area (Å²) in [6, 6.07) is 7.87. The predicted octanol–water partition coefficient (Wildman–Crippen LogP) is 2.05. The maximum atomic E-state index is 12.4. The lowest BCUT2D eigenvalue weighted by atomic mass is 10.1. The van der Waals surface area contributed by atoms with Crippen LogP contribution in [0.15, 0.2) is 24.3 Å². The molecule has 0 aromatic heterocycles. The second-order valence-corrected chi connectivity index (χ2v) is 6.21. The number of carbonyl (C=O) groups is 1. The van der Waals surface area contributed by atoms with Gasteiger partial charge in [0.1, 0.15) is 0 Å². The maximum absolute atomic E-state index is 12.4. The van der Waals surface area contributed by atoms with Gasteiger partial charge in [0.25, 0.3) is 5.91 Å². The number of benzene rings is 1. The Labute approximate surface area is 121 Å². The lowest BCUT2D eigenvalue weighted by Gasteiger charge is -2.27. The third-order valence-corrected chi connectivity index (χ3v) is 3.30. The number of carbonyl (C=O) groups excluding carboxylic acids is 1. The van der Waals surface area contributed by atoms with Gasteiger partial charge in [0.2, 0.25) is 0 Å². The molecule has 0 atom stereocenters. The van der Waals surface area contributed by atoms with E-state index in [4.69, 9.17) is 4.74 Å². The highest BCUT2D eigenvalue weighted by Crippen LogP contribution is 2.11. The van der Waals surface area contributed by atoms with Crippen molar-refractivity contribution in [1.82, 2.24) is 10.2 Å². The smallest absolute Gasteiger partial charge is 0.254 e. The van der Waals surface area contributed by atoms with Crippen molar-refractivity contribution in [3.8, 4) is 0 Å². The summed E-state index contributed by atoms with van der Waals surface area (Å²) in [5.41, 5.74) is 1.98. The van der Waals surface area contributed by atoms with Crippen molar-refractivity contribution in [2.75, 3.05) is 26.3 Å². The Bertz CT molecular complexity index is 460. The molecule has 2 rings (SSSR count). The maximum Gasteiger partial charge on any atom is 0.254 e. The summed E-state index contributed by atoms with van der Waals surface area (Å²) < 4.78 is 5.28. The van der Waals surface area contributed by atoms with Gasteiger partial charge in [0.15, 0.2) is 0 Å². The second kappa shape index (κ2) is 6.37. The molecule has 0 spiro atoms. The minimum atomic E-state index is 0.0736. The summed E-state index contributed by atoms with van der Waals surface area (Å²) in [5, 5.41) is 3.44. The molecular formula is C16H24N2O2. The summed E-state index contributed by atoms with van der Waals surface area (Å²) in [7, 11) is 0. The average molecular weight is 276 g/mol. The minimum absolute atomic E-state index is 0.0736. The molecule has 4 nitrogen and oxygen atoms in total. The van der Waals surface area contributed by atoms with Gasteiger partial charge in [-0.1, -0.05) is 12.1 Å². The highest BCUT2D eigenvalue weighted by atomic mass is 16.5. The Hall–Kier alpha value is -1.39. The first-order valence-electron chi connectivity index (χ1n) is 7.17. The number of nitrogens with zero attached hydrogens (tertiary/aromatic N) is 1. The van der Waals surface area contributed by atoms with E-state index in [1.807, 2.05) is 23.1 Å². The third kappa shape index (κ3) is 4.32. The molecule has 0 unspecified atom stereocenters. The molecule has 1 amide bonds. The SMILES string of the molecule is CC(C)(C)NCc1cccc(C(=O)N2CCOCC2)c1. The summed E-state index contributed by atoms with van der Waals surface area (Å²) >= 11 is 0. The van der Waals surface area contributed by atoms with Crippen LogP contribution < -0.4 is 5.32 Å². The number of nitrogens with one attached hydrogen (secondary N) is 1. The van der Waals surface area contributed by atoms with Crippen molar-refractivity contribution in [3.05, 3.63) is 35.4 Å². The molecule has 110 valence electrons. The lowest BCUT2D eigenvalue weighted by Crippen LogP contribution is -2.40. The molecule has 1 aliphatic heterocycles. The quantitative estimate of drug-likeness (QED) is 0.918. The van der Waals surface area contributed by atoms with Crippen LogP contribution >= 0.6 is 0 Å². The molecule has 1 aliphatic rings. The molecule has 0 aliphatic carbocycles. The van der Waals surface area contributed by atoms with E-state index in [1.165, 1.54) is 0 Å². The van der Waals surface area contributed by atoms with Gasteiger partial charge in [0.05, 0.1) is 13.2 Å².